The van der Waals surface area contributed by atoms with E-state index in [4.69, 9.17) is 0 Å². The molecule has 0 fully saturated rings. The molecule has 1 aromatic carbocycles. The van der Waals surface area contributed by atoms with Crippen molar-refractivity contribution in [1.29, 1.82) is 0 Å². The molecule has 140 valence electrons. The van der Waals surface area contributed by atoms with Crippen molar-refractivity contribution in [2.75, 3.05) is 12.8 Å². The number of carbonyl (C=O) groups excluding carboxylic acids is 2. The Morgan fingerprint density at radius 1 is 1.22 bits per heavy atom. The van der Waals surface area contributed by atoms with Gasteiger partial charge in [-0.1, -0.05) is 48.2 Å². The first-order valence-electron chi connectivity index (χ1n) is 8.28. The van der Waals surface area contributed by atoms with Gasteiger partial charge >= 0.3 is 0 Å². The minimum Gasteiger partial charge on any atom is -0.357 e. The summed E-state index contributed by atoms with van der Waals surface area (Å²) < 4.78 is 0. The fourth-order valence-corrected chi connectivity index (χ4v) is 3.76. The van der Waals surface area contributed by atoms with Crippen LogP contribution in [-0.4, -0.2) is 39.8 Å². The predicted molar refractivity (Wildman–Crippen MR) is 106 cm³/mol. The molecule has 1 atom stereocenters. The molecule has 0 aliphatic carbocycles. The number of carbonyl (C=O) groups is 2. The second-order valence-electron chi connectivity index (χ2n) is 5.63. The van der Waals surface area contributed by atoms with Gasteiger partial charge in [-0.05, 0) is 17.0 Å². The molecule has 3 aromatic rings. The Hall–Kier alpha value is -2.65. The van der Waals surface area contributed by atoms with Crippen molar-refractivity contribution < 1.29 is 9.59 Å². The van der Waals surface area contributed by atoms with Gasteiger partial charge in [0, 0.05) is 18.3 Å². The van der Waals surface area contributed by atoms with E-state index in [2.05, 4.69) is 25.8 Å². The molecule has 0 radical (unpaired) electrons. The van der Waals surface area contributed by atoms with Gasteiger partial charge in [0.1, 0.15) is 11.9 Å². The molecule has 0 bridgehead atoms. The number of nitrogens with zero attached hydrogens (tertiary/aromatic N) is 2. The Labute approximate surface area is 165 Å². The highest BCUT2D eigenvalue weighted by Crippen LogP contribution is 2.17. The summed E-state index contributed by atoms with van der Waals surface area (Å²) in [6.45, 7) is 0. The number of thioether (sulfide) groups is 1. The normalized spacial score (nSPS) is 11.7. The first-order chi connectivity index (χ1) is 13.2. The Balaban J connectivity index is 1.55. The summed E-state index contributed by atoms with van der Waals surface area (Å²) in [5.74, 6) is 0.349. The molecule has 1 unspecified atom stereocenters. The summed E-state index contributed by atoms with van der Waals surface area (Å²) in [4.78, 5) is 30.0. The van der Waals surface area contributed by atoms with Crippen molar-refractivity contribution in [3.63, 3.8) is 0 Å². The van der Waals surface area contributed by atoms with Crippen LogP contribution in [0, 0.1) is 0 Å². The largest absolute Gasteiger partial charge is 0.357 e. The lowest BCUT2D eigenvalue weighted by molar-refractivity contribution is -0.127. The van der Waals surface area contributed by atoms with Crippen LogP contribution in [0.15, 0.2) is 53.0 Å². The SMILES string of the molecule is CNC(=O)C(NC(=O)CSc1n[nH]c(Cc2cccs2)n1)c1ccccc1. The molecule has 9 heteroatoms. The lowest BCUT2D eigenvalue weighted by Gasteiger charge is -2.17. The first-order valence-corrected chi connectivity index (χ1v) is 10.1. The average molecular weight is 402 g/mol. The maximum Gasteiger partial charge on any atom is 0.246 e. The third-order valence-electron chi connectivity index (χ3n) is 3.71. The smallest absolute Gasteiger partial charge is 0.246 e. The molecule has 3 N–H and O–H groups in total. The second kappa shape index (κ2) is 9.33. The fourth-order valence-electron chi connectivity index (χ4n) is 2.42. The van der Waals surface area contributed by atoms with Crippen LogP contribution in [0.3, 0.4) is 0 Å². The van der Waals surface area contributed by atoms with Crippen LogP contribution in [0.5, 0.6) is 0 Å². The zero-order chi connectivity index (χ0) is 19.1. The molecule has 0 aliphatic heterocycles. The summed E-state index contributed by atoms with van der Waals surface area (Å²) >= 11 is 2.88. The molecule has 2 heterocycles. The number of amides is 2. The number of hydrogen-bond donors (Lipinski definition) is 3. The molecular weight excluding hydrogens is 382 g/mol. The van der Waals surface area contributed by atoms with Gasteiger partial charge in [-0.3, -0.25) is 14.7 Å². The Morgan fingerprint density at radius 2 is 2.04 bits per heavy atom. The number of benzene rings is 1. The van der Waals surface area contributed by atoms with Crippen molar-refractivity contribution >= 4 is 34.9 Å². The van der Waals surface area contributed by atoms with Crippen LogP contribution in [0.1, 0.15) is 22.3 Å². The van der Waals surface area contributed by atoms with Crippen molar-refractivity contribution in [2.24, 2.45) is 0 Å². The zero-order valence-corrected chi connectivity index (χ0v) is 16.3. The van der Waals surface area contributed by atoms with E-state index in [1.54, 1.807) is 30.5 Å². The molecule has 3 rings (SSSR count). The summed E-state index contributed by atoms with van der Waals surface area (Å²) in [5.41, 5.74) is 0.728. The molecule has 27 heavy (non-hydrogen) atoms. The molecule has 0 saturated heterocycles. The second-order valence-corrected chi connectivity index (χ2v) is 7.61. The minimum atomic E-state index is -0.731. The van der Waals surface area contributed by atoms with E-state index in [1.807, 2.05) is 35.7 Å². The van der Waals surface area contributed by atoms with Gasteiger partial charge in [-0.15, -0.1) is 16.4 Å². The van der Waals surface area contributed by atoms with Crippen molar-refractivity contribution in [3.05, 3.63) is 64.1 Å². The minimum absolute atomic E-state index is 0.122. The highest BCUT2D eigenvalue weighted by atomic mass is 32.2. The molecule has 0 aliphatic rings. The molecule has 2 aromatic heterocycles. The van der Waals surface area contributed by atoms with Crippen LogP contribution in [0.4, 0.5) is 0 Å². The predicted octanol–water partition coefficient (Wildman–Crippen LogP) is 2.15. The van der Waals surface area contributed by atoms with Crippen LogP contribution in [0.25, 0.3) is 0 Å². The van der Waals surface area contributed by atoms with E-state index in [9.17, 15) is 9.59 Å². The van der Waals surface area contributed by atoms with Crippen LogP contribution < -0.4 is 10.6 Å². The lowest BCUT2D eigenvalue weighted by atomic mass is 10.1. The fraction of sp³-hybridized carbons (Fsp3) is 0.222. The van der Waals surface area contributed by atoms with E-state index in [-0.39, 0.29) is 17.6 Å². The van der Waals surface area contributed by atoms with Crippen LogP contribution in [-0.2, 0) is 16.0 Å². The molecule has 7 nitrogen and oxygen atoms in total. The number of aromatic amines is 1. The first kappa shape index (κ1) is 19.1. The highest BCUT2D eigenvalue weighted by Gasteiger charge is 2.21. The van der Waals surface area contributed by atoms with Crippen molar-refractivity contribution in [1.82, 2.24) is 25.8 Å². The van der Waals surface area contributed by atoms with Gasteiger partial charge in [-0.2, -0.15) is 0 Å². The molecule has 0 saturated carbocycles. The standard InChI is InChI=1S/C18H19N5O2S2/c1-19-17(25)16(12-6-3-2-4-7-12)21-15(24)11-27-18-20-14(22-23-18)10-13-8-5-9-26-13/h2-9,16H,10-11H2,1H3,(H,19,25)(H,21,24)(H,20,22,23). The third-order valence-corrected chi connectivity index (χ3v) is 5.44. The number of likely N-dealkylation sites (N-methyl/N-ethyl adjacent to an activating group) is 1. The molecule has 2 amide bonds. The van der Waals surface area contributed by atoms with Crippen LogP contribution >= 0.6 is 23.1 Å². The zero-order valence-electron chi connectivity index (χ0n) is 14.6. The average Bonchev–Trinajstić information content (AvgIpc) is 3.37. The van der Waals surface area contributed by atoms with Gasteiger partial charge in [0.2, 0.25) is 17.0 Å². The summed E-state index contributed by atoms with van der Waals surface area (Å²) in [5, 5.41) is 14.9. The maximum absolute atomic E-state index is 12.3. The molecular formula is C18H19N5O2S2. The van der Waals surface area contributed by atoms with E-state index < -0.39 is 6.04 Å². The highest BCUT2D eigenvalue weighted by molar-refractivity contribution is 7.99. The van der Waals surface area contributed by atoms with Gasteiger partial charge in [0.25, 0.3) is 0 Å². The van der Waals surface area contributed by atoms with Gasteiger partial charge in [0.15, 0.2) is 0 Å². The van der Waals surface area contributed by atoms with Gasteiger partial charge in [0.05, 0.1) is 5.75 Å². The maximum atomic E-state index is 12.3. The molecule has 0 spiro atoms. The number of rotatable bonds is 8. The summed E-state index contributed by atoms with van der Waals surface area (Å²) in [7, 11) is 1.54. The Morgan fingerprint density at radius 3 is 2.74 bits per heavy atom. The quantitative estimate of drug-likeness (QED) is 0.502. The number of H-pyrrole nitrogens is 1. The Kier molecular flexibility index (Phi) is 6.61. The Bertz CT molecular complexity index is 880. The van der Waals surface area contributed by atoms with Crippen LogP contribution in [0.2, 0.25) is 0 Å². The van der Waals surface area contributed by atoms with E-state index in [1.165, 1.54) is 16.6 Å². The lowest BCUT2D eigenvalue weighted by Crippen LogP contribution is -2.39. The van der Waals surface area contributed by atoms with Gasteiger partial charge in [-0.25, -0.2) is 4.98 Å². The number of thiophene rings is 1. The van der Waals surface area contributed by atoms with E-state index in [0.29, 0.717) is 11.6 Å². The van der Waals surface area contributed by atoms with Crippen molar-refractivity contribution in [3.8, 4) is 0 Å². The topological polar surface area (TPSA) is 99.8 Å². The van der Waals surface area contributed by atoms with Crippen molar-refractivity contribution in [2.45, 2.75) is 17.6 Å². The van der Waals surface area contributed by atoms with Gasteiger partial charge < -0.3 is 10.6 Å². The summed E-state index contributed by atoms with van der Waals surface area (Å²) in [6, 6.07) is 12.4. The monoisotopic (exact) mass is 401 g/mol. The van der Waals surface area contributed by atoms with E-state index in [0.717, 1.165) is 11.4 Å². The third kappa shape index (κ3) is 5.41. The number of hydrogen-bond acceptors (Lipinski definition) is 6. The number of nitrogens with one attached hydrogen (secondary N) is 3. The van der Waals surface area contributed by atoms with E-state index >= 15 is 0 Å². The number of aromatic nitrogens is 3. The summed E-state index contributed by atoms with van der Waals surface area (Å²) in [6.07, 6.45) is 0.685.